The van der Waals surface area contributed by atoms with Crippen molar-refractivity contribution in [1.82, 2.24) is 24.8 Å². The SMILES string of the molecule is C#C[C@@]1(O)[C@@H](COC(Cc2ccc(N3CCCNC3=O)cc2)(C(=O)O)C(=O)O)O[C@@H](n2cnc3c(NCC4CC4)nc(Cl)nc32)[C@@H]1O. The highest BCUT2D eigenvalue weighted by molar-refractivity contribution is 6.28. The van der Waals surface area contributed by atoms with Gasteiger partial charge in [0.1, 0.15) is 12.2 Å². The number of imidazole rings is 1. The molecule has 4 atom stereocenters. The summed E-state index contributed by atoms with van der Waals surface area (Å²) in [5.41, 5.74) is -3.98. The molecule has 1 aromatic carbocycles. The number of hydrogen-bond acceptors (Lipinski definition) is 11. The molecule has 248 valence electrons. The summed E-state index contributed by atoms with van der Waals surface area (Å²) in [6.45, 7) is 0.864. The summed E-state index contributed by atoms with van der Waals surface area (Å²) in [6, 6.07) is 5.86. The molecule has 4 heterocycles. The Balaban J connectivity index is 1.23. The molecule has 16 nitrogen and oxygen atoms in total. The zero-order valence-electron chi connectivity index (χ0n) is 24.9. The lowest BCUT2D eigenvalue weighted by molar-refractivity contribution is -0.191. The number of nitrogens with zero attached hydrogens (tertiary/aromatic N) is 5. The first-order chi connectivity index (χ1) is 22.5. The quantitative estimate of drug-likeness (QED) is 0.0901. The zero-order chi connectivity index (χ0) is 33.5. The van der Waals surface area contributed by atoms with Crippen molar-refractivity contribution in [3.63, 3.8) is 0 Å². The summed E-state index contributed by atoms with van der Waals surface area (Å²) in [4.78, 5) is 51.4. The molecule has 0 bridgehead atoms. The Morgan fingerprint density at radius 3 is 2.60 bits per heavy atom. The summed E-state index contributed by atoms with van der Waals surface area (Å²) in [5.74, 6) is -0.666. The van der Waals surface area contributed by atoms with E-state index in [2.05, 4.69) is 31.5 Å². The number of halogens is 1. The molecule has 3 aromatic rings. The number of carbonyl (C=O) groups is 3. The van der Waals surface area contributed by atoms with Crippen molar-refractivity contribution >= 4 is 52.2 Å². The highest BCUT2D eigenvalue weighted by Crippen LogP contribution is 2.40. The van der Waals surface area contributed by atoms with Gasteiger partial charge in [-0.25, -0.2) is 19.4 Å². The van der Waals surface area contributed by atoms with Gasteiger partial charge >= 0.3 is 18.0 Å². The number of hydrogen-bond donors (Lipinski definition) is 6. The second-order valence-electron chi connectivity index (χ2n) is 11.7. The molecule has 0 radical (unpaired) electrons. The van der Waals surface area contributed by atoms with E-state index in [9.17, 15) is 34.8 Å². The second-order valence-corrected chi connectivity index (χ2v) is 12.1. The van der Waals surface area contributed by atoms with Crippen LogP contribution in [0.15, 0.2) is 30.6 Å². The van der Waals surface area contributed by atoms with E-state index in [1.165, 1.54) is 27.9 Å². The number of anilines is 2. The van der Waals surface area contributed by atoms with Crippen LogP contribution < -0.4 is 15.5 Å². The van der Waals surface area contributed by atoms with Crippen LogP contribution in [0.5, 0.6) is 0 Å². The molecule has 2 saturated heterocycles. The maximum absolute atomic E-state index is 12.5. The standard InChI is InChI=1S/C30H32ClN7O9/c1-2-29(45)19(47-24(21(29)39)38-15-34-20-22(33-13-17-4-5-17)35-27(31)36-23(20)38)14-46-30(25(40)41,26(42)43)12-16-6-8-18(9-7-16)37-11-3-10-32-28(37)44/h1,6-9,15,17,19,21,24,39,45H,3-5,10-14H2,(H,32,44)(H,40,41)(H,42,43)(H,33,35,36)/t19-,21+,24-,29-/m1/s1. The van der Waals surface area contributed by atoms with Crippen molar-refractivity contribution in [2.45, 2.75) is 55.3 Å². The Morgan fingerprint density at radius 1 is 1.23 bits per heavy atom. The largest absolute Gasteiger partial charge is 0.479 e. The molecule has 0 unspecified atom stereocenters. The first kappa shape index (κ1) is 32.4. The van der Waals surface area contributed by atoms with Crippen molar-refractivity contribution < 1.29 is 44.3 Å². The molecule has 2 aromatic heterocycles. The lowest BCUT2D eigenvalue weighted by atomic mass is 9.91. The monoisotopic (exact) mass is 669 g/mol. The number of rotatable bonds is 12. The van der Waals surface area contributed by atoms with E-state index >= 15 is 0 Å². The first-order valence-electron chi connectivity index (χ1n) is 14.9. The molecule has 1 saturated carbocycles. The molecule has 2 aliphatic heterocycles. The number of ether oxygens (including phenoxy) is 2. The normalized spacial score (nSPS) is 24.6. The highest BCUT2D eigenvalue weighted by Gasteiger charge is 2.58. The molecule has 1 aliphatic carbocycles. The van der Waals surface area contributed by atoms with E-state index in [0.29, 0.717) is 42.6 Å². The Labute approximate surface area is 272 Å². The number of terminal acetylenes is 1. The van der Waals surface area contributed by atoms with Gasteiger partial charge in [-0.05, 0) is 54.5 Å². The third kappa shape index (κ3) is 6.03. The van der Waals surface area contributed by atoms with E-state index in [0.717, 1.165) is 19.3 Å². The van der Waals surface area contributed by atoms with Crippen LogP contribution in [-0.2, 0) is 25.5 Å². The fourth-order valence-corrected chi connectivity index (χ4v) is 5.84. The van der Waals surface area contributed by atoms with Crippen LogP contribution >= 0.6 is 11.6 Å². The highest BCUT2D eigenvalue weighted by atomic mass is 35.5. The number of carboxylic acids is 2. The van der Waals surface area contributed by atoms with E-state index in [-0.39, 0.29) is 22.5 Å². The van der Waals surface area contributed by atoms with E-state index < -0.39 is 54.6 Å². The molecule has 17 heteroatoms. The summed E-state index contributed by atoms with van der Waals surface area (Å²) < 4.78 is 12.8. The number of aliphatic carboxylic acids is 2. The predicted octanol–water partition coefficient (Wildman–Crippen LogP) is 1.01. The number of aliphatic hydroxyl groups excluding tert-OH is 1. The zero-order valence-corrected chi connectivity index (χ0v) is 25.6. The van der Waals surface area contributed by atoms with Gasteiger partial charge in [0.15, 0.2) is 28.8 Å². The van der Waals surface area contributed by atoms with Crippen LogP contribution in [0.3, 0.4) is 0 Å². The average Bonchev–Trinajstić information content (AvgIpc) is 3.74. The summed E-state index contributed by atoms with van der Waals surface area (Å²) in [5, 5.41) is 48.6. The van der Waals surface area contributed by atoms with Crippen molar-refractivity contribution in [2.24, 2.45) is 5.92 Å². The van der Waals surface area contributed by atoms with Crippen molar-refractivity contribution in [3.05, 3.63) is 41.4 Å². The van der Waals surface area contributed by atoms with Gasteiger partial charge in [-0.2, -0.15) is 9.97 Å². The minimum Gasteiger partial charge on any atom is -0.479 e. The minimum atomic E-state index is -2.84. The first-order valence-corrected chi connectivity index (χ1v) is 15.3. The van der Waals surface area contributed by atoms with Crippen molar-refractivity contribution in [1.29, 1.82) is 0 Å². The third-order valence-electron chi connectivity index (χ3n) is 8.62. The van der Waals surface area contributed by atoms with Gasteiger partial charge in [-0.15, -0.1) is 6.42 Å². The molecule has 2 amide bonds. The number of carboxylic acid groups (broad SMARTS) is 2. The number of urea groups is 1. The number of nitrogens with one attached hydrogen (secondary N) is 2. The molecular weight excluding hydrogens is 638 g/mol. The van der Waals surface area contributed by atoms with Gasteiger partial charge in [-0.1, -0.05) is 18.1 Å². The number of carbonyl (C=O) groups excluding carboxylic acids is 1. The molecule has 47 heavy (non-hydrogen) atoms. The maximum Gasteiger partial charge on any atom is 0.348 e. The lowest BCUT2D eigenvalue weighted by Gasteiger charge is -2.30. The minimum absolute atomic E-state index is 0.114. The lowest BCUT2D eigenvalue weighted by Crippen LogP contribution is -2.55. The molecule has 3 aliphatic rings. The van der Waals surface area contributed by atoms with E-state index in [1.807, 2.05) is 0 Å². The van der Waals surface area contributed by atoms with Crippen molar-refractivity contribution in [3.8, 4) is 12.3 Å². The number of fused-ring (bicyclic) bond motifs is 1. The van der Waals surface area contributed by atoms with Gasteiger partial charge in [0.2, 0.25) is 5.28 Å². The topological polar surface area (TPSA) is 221 Å². The van der Waals surface area contributed by atoms with Crippen LogP contribution in [0.1, 0.15) is 31.1 Å². The van der Waals surface area contributed by atoms with Gasteiger partial charge in [0.25, 0.3) is 5.60 Å². The fourth-order valence-electron chi connectivity index (χ4n) is 5.67. The van der Waals surface area contributed by atoms with Crippen LogP contribution in [0.4, 0.5) is 16.3 Å². The smallest absolute Gasteiger partial charge is 0.348 e. The number of aliphatic hydroxyl groups is 2. The molecule has 6 N–H and O–H groups in total. The van der Waals surface area contributed by atoms with Crippen LogP contribution in [-0.4, -0.2) is 108 Å². The molecule has 6 rings (SSSR count). The van der Waals surface area contributed by atoms with Crippen LogP contribution in [0, 0.1) is 18.3 Å². The van der Waals surface area contributed by atoms with E-state index in [4.69, 9.17) is 27.5 Å². The molecule has 0 spiro atoms. The number of amides is 2. The summed E-state index contributed by atoms with van der Waals surface area (Å²) >= 11 is 6.18. The fraction of sp³-hybridized carbons (Fsp3) is 0.467. The van der Waals surface area contributed by atoms with Gasteiger partial charge in [-0.3, -0.25) is 9.47 Å². The van der Waals surface area contributed by atoms with Gasteiger partial charge < -0.3 is 40.5 Å². The maximum atomic E-state index is 12.5. The average molecular weight is 670 g/mol. The van der Waals surface area contributed by atoms with Crippen LogP contribution in [0.25, 0.3) is 11.2 Å². The van der Waals surface area contributed by atoms with Crippen molar-refractivity contribution in [2.75, 3.05) is 36.5 Å². The molecular formula is C30H32ClN7O9. The molecule has 3 fully saturated rings. The number of aromatic nitrogens is 4. The Bertz CT molecular complexity index is 1730. The predicted molar refractivity (Wildman–Crippen MR) is 165 cm³/mol. The summed E-state index contributed by atoms with van der Waals surface area (Å²) in [6.07, 6.45) is 4.41. The Kier molecular flexibility index (Phi) is 8.68. The van der Waals surface area contributed by atoms with E-state index in [1.54, 1.807) is 12.1 Å². The Hall–Kier alpha value is -4.53. The van der Waals surface area contributed by atoms with Crippen LogP contribution in [0.2, 0.25) is 5.28 Å². The van der Waals surface area contributed by atoms with Gasteiger partial charge in [0, 0.05) is 31.7 Å². The number of benzene rings is 1. The Morgan fingerprint density at radius 2 is 1.96 bits per heavy atom. The third-order valence-corrected chi connectivity index (χ3v) is 8.79. The summed E-state index contributed by atoms with van der Waals surface area (Å²) in [7, 11) is 0. The van der Waals surface area contributed by atoms with Gasteiger partial charge in [0.05, 0.1) is 12.9 Å². The second kappa shape index (κ2) is 12.6.